The molecular formula is C21H30O6. The Labute approximate surface area is 159 Å². The van der Waals surface area contributed by atoms with E-state index < -0.39 is 28.1 Å². The first-order chi connectivity index (χ1) is 12.5. The number of hydrogen-bond acceptors (Lipinski definition) is 6. The van der Waals surface area contributed by atoms with Crippen molar-refractivity contribution in [2.45, 2.75) is 95.9 Å². The van der Waals surface area contributed by atoms with E-state index in [1.54, 1.807) is 0 Å². The minimum atomic E-state index is -1.10. The Balaban J connectivity index is 1.63. The fourth-order valence-electron chi connectivity index (χ4n) is 6.83. The van der Waals surface area contributed by atoms with Crippen LogP contribution in [0.15, 0.2) is 11.5 Å². The zero-order valence-corrected chi connectivity index (χ0v) is 16.7. The molecule has 0 spiro atoms. The standard InChI is InChI=1S/C21H30O6/c1-10-8-12(22)11-9-13-19(4,27-17(11)25-10)6-7-21(24)18(2,3)16-14(26-16)15(23)20(13,21)5/h10,13-16,23-24H,6-9H2,1-5H3. The molecule has 0 aromatic carbocycles. The van der Waals surface area contributed by atoms with Crippen LogP contribution >= 0.6 is 0 Å². The van der Waals surface area contributed by atoms with Crippen LogP contribution in [0.5, 0.6) is 0 Å². The number of hydrogen-bond donors (Lipinski definition) is 2. The van der Waals surface area contributed by atoms with Gasteiger partial charge in [0.05, 0.1) is 23.4 Å². The van der Waals surface area contributed by atoms with Gasteiger partial charge in [0, 0.05) is 23.2 Å². The Morgan fingerprint density at radius 1 is 1.11 bits per heavy atom. The summed E-state index contributed by atoms with van der Waals surface area (Å²) in [4.78, 5) is 12.7. The SMILES string of the molecule is CC1CC(=O)C2=C(O1)OC1(C)CCC3(O)C(C)(C)C4OC4C(O)C3(C)C1C2. The number of aliphatic hydroxyl groups is 2. The fourth-order valence-corrected chi connectivity index (χ4v) is 6.83. The second kappa shape index (κ2) is 4.89. The van der Waals surface area contributed by atoms with Crippen LogP contribution in [0.2, 0.25) is 0 Å². The van der Waals surface area contributed by atoms with Gasteiger partial charge in [0.15, 0.2) is 5.78 Å². The second-order valence-corrected chi connectivity index (χ2v) is 10.3. The number of carbonyl (C=O) groups is 1. The maximum atomic E-state index is 12.7. The first-order valence-electron chi connectivity index (χ1n) is 10.1. The Hall–Kier alpha value is -1.11. The average molecular weight is 378 g/mol. The van der Waals surface area contributed by atoms with Crippen LogP contribution in [0.3, 0.4) is 0 Å². The smallest absolute Gasteiger partial charge is 0.286 e. The van der Waals surface area contributed by atoms with Crippen LogP contribution in [-0.4, -0.2) is 51.6 Å². The number of carbonyl (C=O) groups excluding carboxylic acids is 1. The third-order valence-electron chi connectivity index (χ3n) is 8.66. The van der Waals surface area contributed by atoms with Gasteiger partial charge in [0.1, 0.15) is 17.8 Å². The van der Waals surface area contributed by atoms with Gasteiger partial charge in [0.25, 0.3) is 5.95 Å². The Morgan fingerprint density at radius 2 is 1.81 bits per heavy atom. The number of aliphatic hydroxyl groups excluding tert-OH is 1. The zero-order chi connectivity index (χ0) is 19.6. The summed E-state index contributed by atoms with van der Waals surface area (Å²) in [5, 5.41) is 23.2. The lowest BCUT2D eigenvalue weighted by molar-refractivity contribution is -0.300. The van der Waals surface area contributed by atoms with Gasteiger partial charge < -0.3 is 24.4 Å². The summed E-state index contributed by atoms with van der Waals surface area (Å²) in [5.74, 6) is 0.202. The van der Waals surface area contributed by atoms with Crippen molar-refractivity contribution < 1.29 is 29.2 Å². The maximum absolute atomic E-state index is 12.7. The Morgan fingerprint density at radius 3 is 2.52 bits per heavy atom. The minimum absolute atomic E-state index is 0.0496. The van der Waals surface area contributed by atoms with Crippen LogP contribution in [0.1, 0.15) is 60.3 Å². The van der Waals surface area contributed by atoms with Crippen molar-refractivity contribution in [1.29, 1.82) is 0 Å². The second-order valence-electron chi connectivity index (χ2n) is 10.3. The molecule has 6 nitrogen and oxygen atoms in total. The molecule has 3 fully saturated rings. The molecule has 8 unspecified atom stereocenters. The van der Waals surface area contributed by atoms with Gasteiger partial charge >= 0.3 is 0 Å². The van der Waals surface area contributed by atoms with Crippen LogP contribution in [0.4, 0.5) is 0 Å². The molecule has 0 aromatic heterocycles. The molecule has 1 saturated heterocycles. The topological polar surface area (TPSA) is 88.5 Å². The summed E-state index contributed by atoms with van der Waals surface area (Å²) < 4.78 is 18.0. The molecule has 2 aliphatic carbocycles. The maximum Gasteiger partial charge on any atom is 0.286 e. The molecular weight excluding hydrogens is 348 g/mol. The highest BCUT2D eigenvalue weighted by Crippen LogP contribution is 2.70. The van der Waals surface area contributed by atoms with E-state index >= 15 is 0 Å². The number of ether oxygens (including phenoxy) is 3. The van der Waals surface area contributed by atoms with Gasteiger partial charge in [-0.15, -0.1) is 0 Å². The number of epoxide rings is 1. The molecule has 0 radical (unpaired) electrons. The summed E-state index contributed by atoms with van der Waals surface area (Å²) in [7, 11) is 0. The molecule has 8 atom stereocenters. The Kier molecular flexibility index (Phi) is 3.25. The van der Waals surface area contributed by atoms with E-state index in [1.165, 1.54) is 0 Å². The molecule has 6 heteroatoms. The molecule has 27 heavy (non-hydrogen) atoms. The summed E-state index contributed by atoms with van der Waals surface area (Å²) in [6, 6.07) is 0. The molecule has 2 N–H and O–H groups in total. The fraction of sp³-hybridized carbons (Fsp3) is 0.857. The molecule has 5 aliphatic rings. The average Bonchev–Trinajstić information content (AvgIpc) is 3.37. The molecule has 3 aliphatic heterocycles. The molecule has 150 valence electrons. The molecule has 0 amide bonds. The van der Waals surface area contributed by atoms with Gasteiger partial charge in [-0.2, -0.15) is 0 Å². The number of rotatable bonds is 0. The van der Waals surface area contributed by atoms with E-state index in [1.807, 2.05) is 34.6 Å². The highest BCUT2D eigenvalue weighted by Gasteiger charge is 2.79. The van der Waals surface area contributed by atoms with E-state index in [4.69, 9.17) is 14.2 Å². The summed E-state index contributed by atoms with van der Waals surface area (Å²) in [6.45, 7) is 9.94. The van der Waals surface area contributed by atoms with E-state index in [0.29, 0.717) is 37.2 Å². The third kappa shape index (κ3) is 1.90. The van der Waals surface area contributed by atoms with Gasteiger partial charge in [0.2, 0.25) is 0 Å². The number of allylic oxidation sites excluding steroid dienone is 1. The summed E-state index contributed by atoms with van der Waals surface area (Å²) in [5.41, 5.74) is -2.46. The normalized spacial score (nSPS) is 55.4. The molecule has 0 bridgehead atoms. The lowest BCUT2D eigenvalue weighted by atomic mass is 9.41. The van der Waals surface area contributed by atoms with Gasteiger partial charge in [-0.1, -0.05) is 20.8 Å². The first kappa shape index (κ1) is 18.0. The van der Waals surface area contributed by atoms with Crippen molar-refractivity contribution in [3.05, 3.63) is 11.5 Å². The van der Waals surface area contributed by atoms with E-state index in [-0.39, 0.29) is 30.0 Å². The largest absolute Gasteiger partial charge is 0.462 e. The molecule has 5 rings (SSSR count). The van der Waals surface area contributed by atoms with Crippen molar-refractivity contribution in [1.82, 2.24) is 0 Å². The highest BCUT2D eigenvalue weighted by molar-refractivity contribution is 5.96. The van der Waals surface area contributed by atoms with Crippen LogP contribution in [0, 0.1) is 16.7 Å². The summed E-state index contributed by atoms with van der Waals surface area (Å²) >= 11 is 0. The number of fused-ring (bicyclic) bond motifs is 4. The van der Waals surface area contributed by atoms with E-state index in [9.17, 15) is 15.0 Å². The Bertz CT molecular complexity index is 758. The van der Waals surface area contributed by atoms with Crippen LogP contribution in [-0.2, 0) is 19.0 Å². The monoisotopic (exact) mass is 378 g/mol. The molecule has 2 saturated carbocycles. The first-order valence-corrected chi connectivity index (χ1v) is 10.1. The van der Waals surface area contributed by atoms with Crippen molar-refractivity contribution in [3.8, 4) is 0 Å². The number of ketones is 1. The predicted molar refractivity (Wildman–Crippen MR) is 95.5 cm³/mol. The van der Waals surface area contributed by atoms with Crippen molar-refractivity contribution in [2.24, 2.45) is 16.7 Å². The van der Waals surface area contributed by atoms with E-state index in [0.717, 1.165) is 0 Å². The lowest BCUT2D eigenvalue weighted by Crippen LogP contribution is -2.75. The van der Waals surface area contributed by atoms with Crippen molar-refractivity contribution in [2.75, 3.05) is 0 Å². The van der Waals surface area contributed by atoms with Gasteiger partial charge in [-0.25, -0.2) is 0 Å². The van der Waals surface area contributed by atoms with Crippen molar-refractivity contribution >= 4 is 5.78 Å². The number of Topliss-reactive ketones (excluding diaryl/α,β-unsaturated/α-hetero) is 1. The highest BCUT2D eigenvalue weighted by atomic mass is 16.7. The third-order valence-corrected chi connectivity index (χ3v) is 8.66. The predicted octanol–water partition coefficient (Wildman–Crippen LogP) is 2.07. The quantitative estimate of drug-likeness (QED) is 0.628. The van der Waals surface area contributed by atoms with Crippen molar-refractivity contribution in [3.63, 3.8) is 0 Å². The van der Waals surface area contributed by atoms with E-state index in [2.05, 4.69) is 0 Å². The van der Waals surface area contributed by atoms with Crippen LogP contribution < -0.4 is 0 Å². The van der Waals surface area contributed by atoms with Gasteiger partial charge in [-0.05, 0) is 33.1 Å². The van der Waals surface area contributed by atoms with Gasteiger partial charge in [-0.3, -0.25) is 4.79 Å². The van der Waals surface area contributed by atoms with Crippen LogP contribution in [0.25, 0.3) is 0 Å². The lowest BCUT2D eigenvalue weighted by Gasteiger charge is -2.67. The zero-order valence-electron chi connectivity index (χ0n) is 16.7. The molecule has 0 aromatic rings. The summed E-state index contributed by atoms with van der Waals surface area (Å²) in [6.07, 6.45) is 0.576. The minimum Gasteiger partial charge on any atom is -0.462 e. The molecule has 3 heterocycles.